The molecule has 20 heavy (non-hydrogen) atoms. The zero-order chi connectivity index (χ0) is 15.3. The first-order chi connectivity index (χ1) is 9.34. The summed E-state index contributed by atoms with van der Waals surface area (Å²) in [7, 11) is 0. The molecule has 4 nitrogen and oxygen atoms in total. The monoisotopic (exact) mass is 281 g/mol. The number of allylic oxidation sites excluding steroid dienone is 1. The summed E-state index contributed by atoms with van der Waals surface area (Å²) in [4.78, 5) is 16.8. The summed E-state index contributed by atoms with van der Waals surface area (Å²) in [6.07, 6.45) is 3.68. The van der Waals surface area contributed by atoms with E-state index in [2.05, 4.69) is 25.3 Å². The molecule has 2 atom stereocenters. The maximum Gasteiger partial charge on any atom is 0.239 e. The summed E-state index contributed by atoms with van der Waals surface area (Å²) in [5.74, 6) is 0.234. The molecule has 0 radical (unpaired) electrons. The van der Waals surface area contributed by atoms with Gasteiger partial charge in [0.2, 0.25) is 5.91 Å². The van der Waals surface area contributed by atoms with Gasteiger partial charge in [0.15, 0.2) is 0 Å². The van der Waals surface area contributed by atoms with Crippen molar-refractivity contribution in [3.05, 3.63) is 12.7 Å². The predicted octanol–water partition coefficient (Wildman–Crippen LogP) is 1.86. The van der Waals surface area contributed by atoms with Crippen molar-refractivity contribution >= 4 is 5.91 Å². The minimum absolute atomic E-state index is 0.0472. The predicted molar refractivity (Wildman–Crippen MR) is 84.5 cm³/mol. The fraction of sp³-hybridized carbons (Fsp3) is 0.812. The minimum atomic E-state index is -0.0472. The number of likely N-dealkylation sites (tertiary alicyclic amines) is 1. The van der Waals surface area contributed by atoms with Crippen molar-refractivity contribution in [3.63, 3.8) is 0 Å². The number of likely N-dealkylation sites (N-methyl/N-ethyl adjacent to an activating group) is 1. The Kier molecular flexibility index (Phi) is 6.21. The molecule has 1 amide bonds. The maximum absolute atomic E-state index is 12.6. The third-order valence-electron chi connectivity index (χ3n) is 4.12. The maximum atomic E-state index is 12.6. The summed E-state index contributed by atoms with van der Waals surface area (Å²) in [5, 5.41) is 0. The summed E-state index contributed by atoms with van der Waals surface area (Å²) in [5.41, 5.74) is 6.23. The summed E-state index contributed by atoms with van der Waals surface area (Å²) in [6.45, 7) is 15.6. The molecule has 0 saturated carbocycles. The molecule has 1 aliphatic heterocycles. The number of nitrogens with two attached hydrogens (primary N) is 1. The van der Waals surface area contributed by atoms with Crippen LogP contribution in [0.1, 0.15) is 40.5 Å². The molecule has 4 heteroatoms. The van der Waals surface area contributed by atoms with Gasteiger partial charge in [0.1, 0.15) is 0 Å². The van der Waals surface area contributed by atoms with Crippen molar-refractivity contribution in [2.45, 2.75) is 52.6 Å². The van der Waals surface area contributed by atoms with E-state index in [-0.39, 0.29) is 23.4 Å². The van der Waals surface area contributed by atoms with Gasteiger partial charge in [0.05, 0.1) is 6.04 Å². The van der Waals surface area contributed by atoms with Crippen molar-refractivity contribution in [3.8, 4) is 0 Å². The van der Waals surface area contributed by atoms with Gasteiger partial charge in [-0.3, -0.25) is 9.69 Å². The van der Waals surface area contributed by atoms with Gasteiger partial charge in [0, 0.05) is 32.2 Å². The summed E-state index contributed by atoms with van der Waals surface area (Å²) in [6, 6.07) is 0.0630. The van der Waals surface area contributed by atoms with Crippen LogP contribution in [0.15, 0.2) is 12.7 Å². The standard InChI is InChI=1S/C16H31N3O/c1-6-9-16(4,5)12-19-11-13(17)10-14(19)15(20)18(7-2)8-3/h6,13-14H,1,7-12,17H2,2-5H3/t13-,14+/m1/s1. The molecule has 0 spiro atoms. The molecule has 0 aromatic heterocycles. The van der Waals surface area contributed by atoms with Gasteiger partial charge in [-0.15, -0.1) is 6.58 Å². The van der Waals surface area contributed by atoms with Crippen LogP contribution in [0.2, 0.25) is 0 Å². The molecular weight excluding hydrogens is 250 g/mol. The van der Waals surface area contributed by atoms with E-state index in [1.807, 2.05) is 24.8 Å². The lowest BCUT2D eigenvalue weighted by Gasteiger charge is -2.34. The van der Waals surface area contributed by atoms with Crippen molar-refractivity contribution in [1.82, 2.24) is 9.80 Å². The molecule has 2 N–H and O–H groups in total. The second-order valence-corrected chi connectivity index (χ2v) is 6.61. The van der Waals surface area contributed by atoms with Crippen molar-refractivity contribution in [2.75, 3.05) is 26.2 Å². The van der Waals surface area contributed by atoms with E-state index in [9.17, 15) is 4.79 Å². The van der Waals surface area contributed by atoms with Crippen molar-refractivity contribution < 1.29 is 4.79 Å². The van der Waals surface area contributed by atoms with Crippen LogP contribution in [-0.2, 0) is 4.79 Å². The lowest BCUT2D eigenvalue weighted by atomic mass is 9.88. The van der Waals surface area contributed by atoms with E-state index >= 15 is 0 Å². The van der Waals surface area contributed by atoms with Crippen LogP contribution in [0.25, 0.3) is 0 Å². The Morgan fingerprint density at radius 3 is 2.55 bits per heavy atom. The van der Waals surface area contributed by atoms with Gasteiger partial charge in [-0.1, -0.05) is 19.9 Å². The highest BCUT2D eigenvalue weighted by Crippen LogP contribution is 2.27. The Balaban J connectivity index is 2.78. The second-order valence-electron chi connectivity index (χ2n) is 6.61. The fourth-order valence-corrected chi connectivity index (χ4v) is 3.12. The van der Waals surface area contributed by atoms with E-state index in [1.165, 1.54) is 0 Å². The van der Waals surface area contributed by atoms with Crippen molar-refractivity contribution in [2.24, 2.45) is 11.1 Å². The van der Waals surface area contributed by atoms with Crippen LogP contribution < -0.4 is 5.73 Å². The first-order valence-corrected chi connectivity index (χ1v) is 7.74. The quantitative estimate of drug-likeness (QED) is 0.725. The van der Waals surface area contributed by atoms with Crippen molar-refractivity contribution in [1.29, 1.82) is 0 Å². The Hall–Kier alpha value is -0.870. The molecule has 1 heterocycles. The molecule has 116 valence electrons. The SMILES string of the molecule is C=CCC(C)(C)CN1C[C@H](N)C[C@H]1C(=O)N(CC)CC. The van der Waals surface area contributed by atoms with Gasteiger partial charge in [-0.25, -0.2) is 0 Å². The molecule has 0 unspecified atom stereocenters. The first-order valence-electron chi connectivity index (χ1n) is 7.74. The Bertz CT molecular complexity index is 337. The number of nitrogens with zero attached hydrogens (tertiary/aromatic N) is 2. The average molecular weight is 281 g/mol. The fourth-order valence-electron chi connectivity index (χ4n) is 3.12. The Morgan fingerprint density at radius 2 is 2.05 bits per heavy atom. The number of amides is 1. The molecule has 0 aromatic rings. The van der Waals surface area contributed by atoms with E-state index in [1.54, 1.807) is 0 Å². The van der Waals surface area contributed by atoms with Crippen LogP contribution in [0, 0.1) is 5.41 Å². The highest BCUT2D eigenvalue weighted by Gasteiger charge is 2.38. The zero-order valence-electron chi connectivity index (χ0n) is 13.6. The van der Waals surface area contributed by atoms with Crippen LogP contribution in [0.4, 0.5) is 0 Å². The smallest absolute Gasteiger partial charge is 0.239 e. The van der Waals surface area contributed by atoms with E-state index in [0.717, 1.165) is 39.0 Å². The largest absolute Gasteiger partial charge is 0.342 e. The van der Waals surface area contributed by atoms with Gasteiger partial charge < -0.3 is 10.6 Å². The number of carbonyl (C=O) groups excluding carboxylic acids is 1. The molecule has 1 aliphatic rings. The summed E-state index contributed by atoms with van der Waals surface area (Å²) < 4.78 is 0. The lowest BCUT2D eigenvalue weighted by Crippen LogP contribution is -2.48. The molecule has 1 rings (SSSR count). The topological polar surface area (TPSA) is 49.6 Å². The van der Waals surface area contributed by atoms with Gasteiger partial charge >= 0.3 is 0 Å². The minimum Gasteiger partial charge on any atom is -0.342 e. The molecule has 1 saturated heterocycles. The number of rotatable bonds is 7. The normalized spacial score (nSPS) is 23.9. The Morgan fingerprint density at radius 1 is 1.45 bits per heavy atom. The third kappa shape index (κ3) is 4.32. The third-order valence-corrected chi connectivity index (χ3v) is 4.12. The van der Waals surface area contributed by atoms with E-state index in [4.69, 9.17) is 5.73 Å². The van der Waals surface area contributed by atoms with Crippen LogP contribution in [0.5, 0.6) is 0 Å². The Labute approximate surface area is 124 Å². The van der Waals surface area contributed by atoms with Crippen LogP contribution in [0.3, 0.4) is 0 Å². The zero-order valence-corrected chi connectivity index (χ0v) is 13.6. The summed E-state index contributed by atoms with van der Waals surface area (Å²) >= 11 is 0. The van der Waals surface area contributed by atoms with Gasteiger partial charge in [0.25, 0.3) is 0 Å². The number of hydrogen-bond acceptors (Lipinski definition) is 3. The number of carbonyl (C=O) groups is 1. The molecule has 0 bridgehead atoms. The van der Waals surface area contributed by atoms with Crippen LogP contribution in [-0.4, -0.2) is 54.0 Å². The van der Waals surface area contributed by atoms with Crippen LogP contribution >= 0.6 is 0 Å². The van der Waals surface area contributed by atoms with E-state index < -0.39 is 0 Å². The van der Waals surface area contributed by atoms with Gasteiger partial charge in [-0.05, 0) is 32.1 Å². The number of hydrogen-bond donors (Lipinski definition) is 1. The molecule has 0 aliphatic carbocycles. The molecule has 1 fully saturated rings. The second kappa shape index (κ2) is 7.23. The molecular formula is C16H31N3O. The first kappa shape index (κ1) is 17.2. The molecule has 0 aromatic carbocycles. The average Bonchev–Trinajstić information content (AvgIpc) is 2.70. The lowest BCUT2D eigenvalue weighted by molar-refractivity contribution is -0.136. The highest BCUT2D eigenvalue weighted by atomic mass is 16.2. The highest BCUT2D eigenvalue weighted by molar-refractivity contribution is 5.82. The van der Waals surface area contributed by atoms with E-state index in [0.29, 0.717) is 0 Å². The van der Waals surface area contributed by atoms with Gasteiger partial charge in [-0.2, -0.15) is 0 Å².